The van der Waals surface area contributed by atoms with Crippen molar-refractivity contribution in [3.8, 4) is 5.75 Å². The van der Waals surface area contributed by atoms with Crippen molar-refractivity contribution < 1.29 is 33.2 Å². The van der Waals surface area contributed by atoms with Crippen molar-refractivity contribution in [1.29, 1.82) is 0 Å². The Bertz CT molecular complexity index is 612. The molecule has 2 aliphatic rings. The van der Waals surface area contributed by atoms with Crippen LogP contribution >= 0.6 is 11.6 Å². The van der Waals surface area contributed by atoms with Gasteiger partial charge in [-0.25, -0.2) is 4.79 Å². The molecule has 0 spiro atoms. The predicted molar refractivity (Wildman–Crippen MR) is 90.6 cm³/mol. The van der Waals surface area contributed by atoms with Crippen LogP contribution in [0, 0.1) is 6.92 Å². The fourth-order valence-electron chi connectivity index (χ4n) is 2.64. The lowest BCUT2D eigenvalue weighted by molar-refractivity contribution is -0.388. The number of nitrogens with zero attached hydrogens (tertiary/aromatic N) is 1. The molecule has 2 heterocycles. The summed E-state index contributed by atoms with van der Waals surface area (Å²) in [5.41, 5.74) is 0.848. The molecule has 1 amide bonds. The Morgan fingerprint density at radius 3 is 2.19 bits per heavy atom. The van der Waals surface area contributed by atoms with E-state index in [0.717, 1.165) is 5.56 Å². The lowest BCUT2D eigenvalue weighted by Crippen LogP contribution is -2.53. The molecule has 0 aromatic heterocycles. The second-order valence-electron chi connectivity index (χ2n) is 6.03. The Balaban J connectivity index is 1.49. The normalized spacial score (nSPS) is 27.2. The van der Waals surface area contributed by atoms with Crippen molar-refractivity contribution in [3.63, 3.8) is 0 Å². The number of aryl methyl sites for hydroxylation is 1. The molecule has 0 atom stereocenters. The molecule has 9 heteroatoms. The Hall–Kier alpha value is -1.58. The van der Waals surface area contributed by atoms with Crippen LogP contribution in [0.3, 0.4) is 0 Å². The Labute approximate surface area is 156 Å². The third-order valence-electron chi connectivity index (χ3n) is 3.90. The predicted octanol–water partition coefficient (Wildman–Crippen LogP) is 2.86. The second kappa shape index (κ2) is 8.41. The van der Waals surface area contributed by atoms with Crippen LogP contribution in [0.4, 0.5) is 4.79 Å². The molecule has 0 aliphatic carbocycles. The van der Waals surface area contributed by atoms with Crippen LogP contribution < -0.4 is 4.74 Å². The van der Waals surface area contributed by atoms with Crippen molar-refractivity contribution in [3.05, 3.63) is 28.8 Å². The van der Waals surface area contributed by atoms with Gasteiger partial charge in [0.15, 0.2) is 25.2 Å². The first-order valence-corrected chi connectivity index (χ1v) is 8.71. The van der Waals surface area contributed by atoms with Gasteiger partial charge in [0, 0.05) is 5.02 Å². The molecule has 0 bridgehead atoms. The summed E-state index contributed by atoms with van der Waals surface area (Å²) in [5.74, 6) is 0.590. The molecule has 0 radical (unpaired) electrons. The van der Waals surface area contributed by atoms with E-state index in [9.17, 15) is 4.79 Å². The summed E-state index contributed by atoms with van der Waals surface area (Å²) in [7, 11) is 0. The zero-order valence-corrected chi connectivity index (χ0v) is 15.6. The molecule has 0 unspecified atom stereocenters. The molecular formula is C17H22ClNO7. The summed E-state index contributed by atoms with van der Waals surface area (Å²) >= 11 is 5.90. The van der Waals surface area contributed by atoms with Crippen molar-refractivity contribution in [1.82, 2.24) is 4.90 Å². The van der Waals surface area contributed by atoms with E-state index >= 15 is 0 Å². The minimum Gasteiger partial charge on any atom is -0.457 e. The first-order valence-electron chi connectivity index (χ1n) is 8.33. The van der Waals surface area contributed by atoms with Gasteiger partial charge in [-0.3, -0.25) is 4.90 Å². The molecule has 0 saturated carbocycles. The molecule has 26 heavy (non-hydrogen) atoms. The maximum absolute atomic E-state index is 12.4. The maximum Gasteiger partial charge on any atom is 0.413 e. The Morgan fingerprint density at radius 2 is 1.69 bits per heavy atom. The summed E-state index contributed by atoms with van der Waals surface area (Å²) in [6, 6.07) is 5.19. The highest BCUT2D eigenvalue weighted by Gasteiger charge is 2.35. The number of amides is 1. The zero-order chi connectivity index (χ0) is 18.7. The number of carbonyl (C=O) groups excluding carboxylic acids is 1. The van der Waals surface area contributed by atoms with Crippen LogP contribution in [0.2, 0.25) is 5.02 Å². The first-order chi connectivity index (χ1) is 12.4. The number of ether oxygens (including phenoxy) is 6. The molecule has 1 aromatic rings. The highest BCUT2D eigenvalue weighted by molar-refractivity contribution is 6.30. The maximum atomic E-state index is 12.4. The van der Waals surface area contributed by atoms with E-state index in [1.165, 1.54) is 4.90 Å². The van der Waals surface area contributed by atoms with Crippen LogP contribution in [0.5, 0.6) is 5.75 Å². The van der Waals surface area contributed by atoms with Crippen LogP contribution in [0.1, 0.15) is 19.4 Å². The van der Waals surface area contributed by atoms with Gasteiger partial charge in [0.25, 0.3) is 0 Å². The van der Waals surface area contributed by atoms with Gasteiger partial charge in [-0.05, 0) is 44.5 Å². The van der Waals surface area contributed by atoms with Crippen LogP contribution in [0.15, 0.2) is 18.2 Å². The van der Waals surface area contributed by atoms with E-state index in [-0.39, 0.29) is 32.5 Å². The van der Waals surface area contributed by atoms with Gasteiger partial charge in [0.1, 0.15) is 5.75 Å². The number of halogens is 1. The number of rotatable bonds is 7. The van der Waals surface area contributed by atoms with Crippen molar-refractivity contribution in [2.24, 2.45) is 0 Å². The van der Waals surface area contributed by atoms with E-state index < -0.39 is 18.7 Å². The molecule has 0 N–H and O–H groups in total. The molecule has 1 aromatic carbocycles. The van der Waals surface area contributed by atoms with Crippen molar-refractivity contribution in [2.75, 3.05) is 19.9 Å². The minimum atomic E-state index is -0.574. The number of benzene rings is 1. The van der Waals surface area contributed by atoms with Gasteiger partial charge in [-0.2, -0.15) is 0 Å². The summed E-state index contributed by atoms with van der Waals surface area (Å²) in [6.45, 7) is 5.60. The average Bonchev–Trinajstić information content (AvgIpc) is 2.52. The number of carbonyl (C=O) groups is 1. The van der Waals surface area contributed by atoms with Crippen molar-refractivity contribution >= 4 is 17.7 Å². The summed E-state index contributed by atoms with van der Waals surface area (Å²) in [6.07, 6.45) is -2.10. The zero-order valence-electron chi connectivity index (χ0n) is 14.8. The average molecular weight is 388 g/mol. The lowest BCUT2D eigenvalue weighted by atomic mass is 10.2. The van der Waals surface area contributed by atoms with Crippen LogP contribution in [0.25, 0.3) is 0 Å². The highest BCUT2D eigenvalue weighted by atomic mass is 35.5. The molecule has 2 saturated heterocycles. The summed E-state index contributed by atoms with van der Waals surface area (Å²) in [5, 5.41) is 0.613. The summed E-state index contributed by atoms with van der Waals surface area (Å²) in [4.78, 5) is 13.8. The standard InChI is InChI=1S/C17H22ClNO7/c1-10-6-13(18)4-5-14(10)21-9-22-17(20)19(7-15-23-11(2)24-15)8-16-25-12(3)26-16/h4-6,11-12,15-16H,7-9H2,1-3H3. The van der Waals surface area contributed by atoms with Gasteiger partial charge in [-0.15, -0.1) is 0 Å². The third-order valence-corrected chi connectivity index (χ3v) is 4.14. The van der Waals surface area contributed by atoms with E-state index in [0.29, 0.717) is 10.8 Å². The fraction of sp³-hybridized carbons (Fsp3) is 0.588. The molecule has 144 valence electrons. The fourth-order valence-corrected chi connectivity index (χ4v) is 2.87. The molecule has 8 nitrogen and oxygen atoms in total. The van der Waals surface area contributed by atoms with E-state index in [2.05, 4.69) is 0 Å². The van der Waals surface area contributed by atoms with E-state index in [1.54, 1.807) is 32.0 Å². The van der Waals surface area contributed by atoms with Crippen molar-refractivity contribution in [2.45, 2.75) is 45.9 Å². The molecule has 2 fully saturated rings. The van der Waals surface area contributed by atoms with Gasteiger partial charge in [-0.1, -0.05) is 11.6 Å². The third kappa shape index (κ3) is 4.99. The molecule has 3 rings (SSSR count). The smallest absolute Gasteiger partial charge is 0.413 e. The van der Waals surface area contributed by atoms with Crippen LogP contribution in [-0.2, 0) is 23.7 Å². The number of hydrogen-bond donors (Lipinski definition) is 0. The first kappa shape index (κ1) is 19.2. The molecule has 2 aliphatic heterocycles. The van der Waals surface area contributed by atoms with Crippen LogP contribution in [-0.4, -0.2) is 56.0 Å². The monoisotopic (exact) mass is 387 g/mol. The molecular weight excluding hydrogens is 366 g/mol. The quantitative estimate of drug-likeness (QED) is 0.666. The number of hydrogen-bond acceptors (Lipinski definition) is 7. The van der Waals surface area contributed by atoms with Gasteiger partial charge >= 0.3 is 6.09 Å². The second-order valence-corrected chi connectivity index (χ2v) is 6.46. The lowest BCUT2D eigenvalue weighted by Gasteiger charge is -2.40. The van der Waals surface area contributed by atoms with Gasteiger partial charge in [0.2, 0.25) is 6.79 Å². The minimum absolute atomic E-state index is 0.209. The SMILES string of the molecule is Cc1cc(Cl)ccc1OCOC(=O)N(CC1OC(C)O1)CC1OC(C)O1. The van der Waals surface area contributed by atoms with E-state index in [4.69, 9.17) is 40.0 Å². The largest absolute Gasteiger partial charge is 0.457 e. The van der Waals surface area contributed by atoms with E-state index in [1.807, 2.05) is 6.92 Å². The topological polar surface area (TPSA) is 75.7 Å². The van der Waals surface area contributed by atoms with Gasteiger partial charge in [0.05, 0.1) is 13.1 Å². The highest BCUT2D eigenvalue weighted by Crippen LogP contribution is 2.23. The Kier molecular flexibility index (Phi) is 6.20. The Morgan fingerprint density at radius 1 is 1.12 bits per heavy atom. The summed E-state index contributed by atoms with van der Waals surface area (Å²) < 4.78 is 32.2. The van der Waals surface area contributed by atoms with Gasteiger partial charge < -0.3 is 28.4 Å².